The molecule has 9 nitrogen and oxygen atoms in total. The molecule has 10 heteroatoms. The zero-order valence-electron chi connectivity index (χ0n) is 17.7. The number of nitrogens with one attached hydrogen (secondary N) is 3. The summed E-state index contributed by atoms with van der Waals surface area (Å²) >= 11 is 0. The lowest BCUT2D eigenvalue weighted by molar-refractivity contribution is -0.105. The Labute approximate surface area is 186 Å². The third kappa shape index (κ3) is 5.27. The maximum Gasteiger partial charge on any atom is 0.211 e. The van der Waals surface area contributed by atoms with Crippen molar-refractivity contribution < 1.29 is 13.2 Å². The molecule has 0 aliphatic heterocycles. The van der Waals surface area contributed by atoms with E-state index in [1.54, 1.807) is 36.4 Å². The van der Waals surface area contributed by atoms with E-state index in [0.29, 0.717) is 34.7 Å². The summed E-state index contributed by atoms with van der Waals surface area (Å²) < 4.78 is 24.9. The van der Waals surface area contributed by atoms with E-state index in [1.165, 1.54) is 18.5 Å². The van der Waals surface area contributed by atoms with Gasteiger partial charge in [0.25, 0.3) is 0 Å². The highest BCUT2D eigenvalue weighted by Crippen LogP contribution is 2.26. The normalized spacial score (nSPS) is 11.2. The topological polar surface area (TPSA) is 151 Å². The van der Waals surface area contributed by atoms with E-state index < -0.39 is 9.84 Å². The van der Waals surface area contributed by atoms with Crippen molar-refractivity contribution in [3.05, 3.63) is 66.0 Å². The van der Waals surface area contributed by atoms with Gasteiger partial charge in [-0.25, -0.2) is 18.4 Å². The first kappa shape index (κ1) is 22.9. The molecule has 0 aliphatic rings. The lowest BCUT2D eigenvalue weighted by Gasteiger charge is -2.14. The second kappa shape index (κ2) is 9.56. The van der Waals surface area contributed by atoms with Gasteiger partial charge in [-0.2, -0.15) is 0 Å². The number of sulfone groups is 1. The Balaban J connectivity index is 1.89. The number of aromatic nitrogens is 2. The molecular weight excluding hydrogens is 428 g/mol. The first-order chi connectivity index (χ1) is 15.2. The van der Waals surface area contributed by atoms with Gasteiger partial charge in [0.05, 0.1) is 21.9 Å². The van der Waals surface area contributed by atoms with Crippen molar-refractivity contribution in [2.45, 2.75) is 18.7 Å². The summed E-state index contributed by atoms with van der Waals surface area (Å²) in [7, 11) is -3.39. The average molecular weight is 453 g/mol. The first-order valence-electron chi connectivity index (χ1n) is 9.81. The molecule has 5 N–H and O–H groups in total. The van der Waals surface area contributed by atoms with Crippen LogP contribution >= 0.6 is 0 Å². The summed E-state index contributed by atoms with van der Waals surface area (Å²) in [5.41, 5.74) is 8.18. The van der Waals surface area contributed by atoms with Crippen molar-refractivity contribution in [3.63, 3.8) is 0 Å². The van der Waals surface area contributed by atoms with Crippen LogP contribution in [0.25, 0.3) is 0 Å². The summed E-state index contributed by atoms with van der Waals surface area (Å²) in [6, 6.07) is 13.0. The molecule has 0 saturated carbocycles. The zero-order valence-corrected chi connectivity index (χ0v) is 18.5. The van der Waals surface area contributed by atoms with E-state index in [4.69, 9.17) is 11.1 Å². The number of hydrogen-bond acceptors (Lipinski definition) is 8. The van der Waals surface area contributed by atoms with Gasteiger partial charge < -0.3 is 16.4 Å². The number of carbonyl (C=O) groups is 1. The Morgan fingerprint density at radius 2 is 1.69 bits per heavy atom. The minimum atomic E-state index is -3.39. The smallest absolute Gasteiger partial charge is 0.211 e. The highest BCUT2D eigenvalue weighted by Gasteiger charge is 2.19. The minimum Gasteiger partial charge on any atom is -0.383 e. The van der Waals surface area contributed by atoms with Crippen LogP contribution in [-0.4, -0.2) is 36.3 Å². The number of nitrogen functional groups attached to an aromatic ring is 1. The van der Waals surface area contributed by atoms with Crippen molar-refractivity contribution in [1.29, 1.82) is 5.41 Å². The molecule has 166 valence electrons. The molecule has 0 aliphatic carbocycles. The summed E-state index contributed by atoms with van der Waals surface area (Å²) in [5.74, 6) is 0.507. The molecular formula is C22H24N6O3S. The predicted molar refractivity (Wildman–Crippen MR) is 125 cm³/mol. The third-order valence-corrected chi connectivity index (χ3v) is 6.65. The molecule has 0 bridgehead atoms. The van der Waals surface area contributed by atoms with Crippen molar-refractivity contribution in [2.24, 2.45) is 5.92 Å². The molecule has 0 saturated heterocycles. The van der Waals surface area contributed by atoms with Gasteiger partial charge in [0.1, 0.15) is 18.0 Å². The Morgan fingerprint density at radius 1 is 1.06 bits per heavy atom. The lowest BCUT2D eigenvalue weighted by Crippen LogP contribution is -2.14. The number of carbonyl (C=O) groups excluding carboxylic acids is 1. The van der Waals surface area contributed by atoms with Crippen LogP contribution in [0.1, 0.15) is 25.0 Å². The van der Waals surface area contributed by atoms with Gasteiger partial charge in [-0.15, -0.1) is 0 Å². The fourth-order valence-electron chi connectivity index (χ4n) is 3.10. The molecule has 3 rings (SSSR count). The minimum absolute atomic E-state index is 0.0103. The summed E-state index contributed by atoms with van der Waals surface area (Å²) in [4.78, 5) is 19.0. The van der Waals surface area contributed by atoms with Gasteiger partial charge in [-0.1, -0.05) is 26.0 Å². The van der Waals surface area contributed by atoms with Crippen molar-refractivity contribution in [2.75, 3.05) is 22.1 Å². The Kier molecular flexibility index (Phi) is 6.84. The Bertz CT molecular complexity index is 1220. The standard InChI is InChI=1S/C22H24N6O3S/c1-14(2)11-32(30,31)18-9-3-15(4-10-18)20(23)19-21(24)25-12-26-22(19)28-17-7-5-16(6-8-17)27-13-29/h3-10,12-14,23H,11H2,1-2H3,(H,27,29)(H3,24,25,26,28). The van der Waals surface area contributed by atoms with Gasteiger partial charge >= 0.3 is 0 Å². The van der Waals surface area contributed by atoms with Crippen LogP contribution < -0.4 is 16.4 Å². The van der Waals surface area contributed by atoms with Gasteiger partial charge in [0.15, 0.2) is 9.84 Å². The third-order valence-electron chi connectivity index (χ3n) is 4.55. The summed E-state index contributed by atoms with van der Waals surface area (Å²) in [6.07, 6.45) is 1.88. The largest absolute Gasteiger partial charge is 0.383 e. The number of rotatable bonds is 9. The van der Waals surface area contributed by atoms with E-state index in [1.807, 2.05) is 13.8 Å². The predicted octanol–water partition coefficient (Wildman–Crippen LogP) is 3.22. The molecule has 1 heterocycles. The number of amides is 1. The number of benzene rings is 2. The first-order valence-corrected chi connectivity index (χ1v) is 11.5. The molecule has 3 aromatic rings. The number of nitrogens with zero attached hydrogens (tertiary/aromatic N) is 2. The van der Waals surface area contributed by atoms with E-state index in [0.717, 1.165) is 0 Å². The molecule has 1 aromatic heterocycles. The summed E-state index contributed by atoms with van der Waals surface area (Å²) in [5, 5.41) is 14.3. The number of hydrogen-bond donors (Lipinski definition) is 4. The molecule has 0 fully saturated rings. The van der Waals surface area contributed by atoms with Crippen LogP contribution in [0, 0.1) is 11.3 Å². The van der Waals surface area contributed by atoms with Gasteiger partial charge in [0, 0.05) is 16.9 Å². The van der Waals surface area contributed by atoms with Gasteiger partial charge in [-0.3, -0.25) is 10.2 Å². The summed E-state index contributed by atoms with van der Waals surface area (Å²) in [6.45, 7) is 3.70. The molecule has 0 spiro atoms. The second-order valence-corrected chi connectivity index (χ2v) is 9.56. The maximum atomic E-state index is 12.4. The van der Waals surface area contributed by atoms with E-state index in [9.17, 15) is 13.2 Å². The molecule has 0 radical (unpaired) electrons. The van der Waals surface area contributed by atoms with E-state index in [-0.39, 0.29) is 28.1 Å². The van der Waals surface area contributed by atoms with Gasteiger partial charge in [-0.05, 0) is 42.3 Å². The molecule has 0 unspecified atom stereocenters. The monoisotopic (exact) mass is 452 g/mol. The van der Waals surface area contributed by atoms with Crippen molar-refractivity contribution in [3.8, 4) is 0 Å². The fourth-order valence-corrected chi connectivity index (χ4v) is 4.72. The molecule has 32 heavy (non-hydrogen) atoms. The fraction of sp³-hybridized carbons (Fsp3) is 0.182. The SMILES string of the molecule is CC(C)CS(=O)(=O)c1ccc(C(=N)c2c(N)ncnc2Nc2ccc(NC=O)cc2)cc1. The maximum absolute atomic E-state index is 12.4. The van der Waals surface area contributed by atoms with Crippen LogP contribution in [0.3, 0.4) is 0 Å². The van der Waals surface area contributed by atoms with Crippen LogP contribution in [0.2, 0.25) is 0 Å². The molecule has 1 amide bonds. The quantitative estimate of drug-likeness (QED) is 0.287. The Morgan fingerprint density at radius 3 is 2.28 bits per heavy atom. The zero-order chi connectivity index (χ0) is 23.3. The second-order valence-electron chi connectivity index (χ2n) is 7.52. The van der Waals surface area contributed by atoms with Crippen LogP contribution in [0.15, 0.2) is 59.8 Å². The van der Waals surface area contributed by atoms with Crippen LogP contribution in [0.5, 0.6) is 0 Å². The molecule has 0 atom stereocenters. The highest BCUT2D eigenvalue weighted by molar-refractivity contribution is 7.91. The number of anilines is 4. The van der Waals surface area contributed by atoms with E-state index >= 15 is 0 Å². The highest BCUT2D eigenvalue weighted by atomic mass is 32.2. The number of nitrogens with two attached hydrogens (primary N) is 1. The van der Waals surface area contributed by atoms with Crippen LogP contribution in [-0.2, 0) is 14.6 Å². The molecule has 2 aromatic carbocycles. The average Bonchev–Trinajstić information content (AvgIpc) is 2.74. The Hall–Kier alpha value is -3.79. The van der Waals surface area contributed by atoms with E-state index in [2.05, 4.69) is 20.6 Å². The van der Waals surface area contributed by atoms with Crippen LogP contribution in [0.4, 0.5) is 23.0 Å². The lowest BCUT2D eigenvalue weighted by atomic mass is 10.0. The van der Waals surface area contributed by atoms with Gasteiger partial charge in [0.2, 0.25) is 6.41 Å². The van der Waals surface area contributed by atoms with Crippen molar-refractivity contribution in [1.82, 2.24) is 9.97 Å². The van der Waals surface area contributed by atoms with Crippen molar-refractivity contribution >= 4 is 45.0 Å².